The summed E-state index contributed by atoms with van der Waals surface area (Å²) in [5, 5.41) is 7.41. The van der Waals surface area contributed by atoms with E-state index in [0.29, 0.717) is 45.4 Å². The highest BCUT2D eigenvalue weighted by molar-refractivity contribution is 7.90. The molecule has 0 saturated carbocycles. The second kappa shape index (κ2) is 14.3. The maximum Gasteiger partial charge on any atom is 0.322 e. The highest BCUT2D eigenvalue weighted by Crippen LogP contribution is 2.28. The molecule has 0 aliphatic rings. The Bertz CT molecular complexity index is 1270. The molecule has 0 amide bonds. The molecule has 0 bridgehead atoms. The van der Waals surface area contributed by atoms with Crippen LogP contribution in [-0.2, 0) is 46.2 Å². The standard InChI is InChI=1S/C24H28N4O9S/c1-15-13-26-20(14-38(31)24-27-18-7-6-17(32-4)12-19(18)28-24)16(2)23(15)35-22(30)9-8-21(29)33-10-5-11-34-37-36-25-3/h6-7,12-13H,3,5,8-11,14H2,1-2,4H3,(H,27,28). The van der Waals surface area contributed by atoms with Crippen molar-refractivity contribution in [1.82, 2.24) is 15.0 Å². The van der Waals surface area contributed by atoms with Gasteiger partial charge in [0.1, 0.15) is 11.5 Å². The van der Waals surface area contributed by atoms with Gasteiger partial charge in [-0.25, -0.2) is 0 Å². The van der Waals surface area contributed by atoms with Gasteiger partial charge in [-0.1, -0.05) is 5.16 Å². The number of hydrogen-bond donors (Lipinski definition) is 1. The van der Waals surface area contributed by atoms with Crippen LogP contribution < -0.4 is 9.47 Å². The van der Waals surface area contributed by atoms with E-state index in [-0.39, 0.29) is 31.8 Å². The van der Waals surface area contributed by atoms with Crippen LogP contribution in [0.25, 0.3) is 11.0 Å². The normalized spacial score (nSPS) is 11.7. The molecule has 13 nitrogen and oxygen atoms in total. The molecule has 1 unspecified atom stereocenters. The zero-order chi connectivity index (χ0) is 27.5. The third kappa shape index (κ3) is 8.14. The van der Waals surface area contributed by atoms with E-state index in [4.69, 9.17) is 14.2 Å². The maximum atomic E-state index is 13.0. The number of ether oxygens (including phenoxy) is 3. The molecule has 204 valence electrons. The summed E-state index contributed by atoms with van der Waals surface area (Å²) in [6.45, 7) is 6.66. The number of aryl methyl sites for hydroxylation is 1. The molecule has 0 saturated heterocycles. The summed E-state index contributed by atoms with van der Waals surface area (Å²) in [7, 11) is 1.56. The minimum atomic E-state index is -1.53. The van der Waals surface area contributed by atoms with Gasteiger partial charge in [0.25, 0.3) is 0 Å². The number of pyridine rings is 1. The van der Waals surface area contributed by atoms with Crippen molar-refractivity contribution in [2.24, 2.45) is 5.16 Å². The predicted octanol–water partition coefficient (Wildman–Crippen LogP) is 3.01. The third-order valence-electron chi connectivity index (χ3n) is 5.21. The second-order valence-electron chi connectivity index (χ2n) is 7.90. The molecule has 1 atom stereocenters. The molecule has 0 aliphatic heterocycles. The van der Waals surface area contributed by atoms with Gasteiger partial charge in [0.05, 0.1) is 49.9 Å². The van der Waals surface area contributed by atoms with E-state index >= 15 is 0 Å². The van der Waals surface area contributed by atoms with E-state index < -0.39 is 23.1 Å². The molecule has 1 aromatic carbocycles. The largest absolute Gasteiger partial charge is 0.609 e. The highest BCUT2D eigenvalue weighted by atomic mass is 32.2. The first kappa shape index (κ1) is 28.8. The molecule has 2 aromatic heterocycles. The number of nitrogens with zero attached hydrogens (tertiary/aromatic N) is 3. The van der Waals surface area contributed by atoms with Crippen molar-refractivity contribution < 1.29 is 43.3 Å². The molecule has 0 fully saturated rings. The first-order valence-corrected chi connectivity index (χ1v) is 12.8. The monoisotopic (exact) mass is 548 g/mol. The fourth-order valence-electron chi connectivity index (χ4n) is 3.27. The number of aromatic amines is 1. The zero-order valence-corrected chi connectivity index (χ0v) is 22.0. The van der Waals surface area contributed by atoms with Crippen LogP contribution in [-0.4, -0.2) is 58.5 Å². The van der Waals surface area contributed by atoms with Crippen LogP contribution in [0.15, 0.2) is 34.7 Å². The molecule has 0 spiro atoms. The van der Waals surface area contributed by atoms with E-state index in [1.165, 1.54) is 0 Å². The number of nitrogens with one attached hydrogen (secondary N) is 1. The van der Waals surface area contributed by atoms with Crippen LogP contribution in [0, 0.1) is 13.8 Å². The lowest BCUT2D eigenvalue weighted by Gasteiger charge is -2.14. The number of esters is 2. The van der Waals surface area contributed by atoms with Crippen LogP contribution in [0.2, 0.25) is 0 Å². The molecule has 38 heavy (non-hydrogen) atoms. The van der Waals surface area contributed by atoms with Crippen LogP contribution in [0.4, 0.5) is 0 Å². The molecule has 14 heteroatoms. The van der Waals surface area contributed by atoms with Crippen molar-refractivity contribution in [3.05, 3.63) is 41.2 Å². The molecule has 1 N–H and O–H groups in total. The van der Waals surface area contributed by atoms with Crippen molar-refractivity contribution in [2.75, 3.05) is 20.3 Å². The summed E-state index contributed by atoms with van der Waals surface area (Å²) in [6, 6.07) is 5.33. The van der Waals surface area contributed by atoms with Gasteiger partial charge < -0.3 is 18.8 Å². The second-order valence-corrected chi connectivity index (χ2v) is 9.27. The van der Waals surface area contributed by atoms with Crippen molar-refractivity contribution >= 4 is 40.9 Å². The van der Waals surface area contributed by atoms with Gasteiger partial charge in [-0.05, 0) is 26.0 Å². The van der Waals surface area contributed by atoms with Crippen molar-refractivity contribution in [2.45, 2.75) is 44.0 Å². The number of imidazole rings is 1. The number of oxime groups is 1. The predicted molar refractivity (Wildman–Crippen MR) is 135 cm³/mol. The molecular formula is C24H28N4O9S. The SMILES string of the molecule is C=NOOOCCCOC(=O)CCC(=O)Oc1c(C)cnc(C[S+]([O-])c2nc3cc(OC)ccc3[nH]2)c1C. The Hall–Kier alpha value is -3.72. The topological polar surface area (TPSA) is 167 Å². The number of benzene rings is 1. The van der Waals surface area contributed by atoms with E-state index in [2.05, 4.69) is 41.7 Å². The zero-order valence-electron chi connectivity index (χ0n) is 21.2. The van der Waals surface area contributed by atoms with Gasteiger partial charge in [-0.2, -0.15) is 14.9 Å². The summed E-state index contributed by atoms with van der Waals surface area (Å²) in [4.78, 5) is 44.7. The maximum absolute atomic E-state index is 13.0. The number of rotatable bonds is 15. The Morgan fingerprint density at radius 1 is 1.18 bits per heavy atom. The van der Waals surface area contributed by atoms with Crippen molar-refractivity contribution in [1.29, 1.82) is 0 Å². The lowest BCUT2D eigenvalue weighted by Crippen LogP contribution is -2.15. The lowest BCUT2D eigenvalue weighted by molar-refractivity contribution is -0.513. The van der Waals surface area contributed by atoms with Crippen LogP contribution in [0.5, 0.6) is 11.5 Å². The molecule has 2 heterocycles. The Morgan fingerprint density at radius 3 is 2.74 bits per heavy atom. The highest BCUT2D eigenvalue weighted by Gasteiger charge is 2.22. The fraction of sp³-hybridized carbons (Fsp3) is 0.375. The van der Waals surface area contributed by atoms with E-state index in [1.807, 2.05) is 0 Å². The molecule has 3 aromatic rings. The van der Waals surface area contributed by atoms with E-state index in [9.17, 15) is 14.1 Å². The van der Waals surface area contributed by atoms with Gasteiger partial charge in [0.15, 0.2) is 5.75 Å². The number of aromatic nitrogens is 3. The van der Waals surface area contributed by atoms with Crippen LogP contribution in [0.3, 0.4) is 0 Å². The molecular weight excluding hydrogens is 520 g/mol. The summed E-state index contributed by atoms with van der Waals surface area (Å²) in [6.07, 6.45) is 1.55. The van der Waals surface area contributed by atoms with Gasteiger partial charge in [0, 0.05) is 52.7 Å². The Labute approximate surface area is 221 Å². The van der Waals surface area contributed by atoms with E-state index in [0.717, 1.165) is 5.52 Å². The number of H-pyrrole nitrogens is 1. The fourth-order valence-corrected chi connectivity index (χ4v) is 4.37. The average molecular weight is 549 g/mol. The molecule has 3 rings (SSSR count). The summed E-state index contributed by atoms with van der Waals surface area (Å²) in [5.74, 6) is -0.151. The van der Waals surface area contributed by atoms with Crippen LogP contribution >= 0.6 is 0 Å². The van der Waals surface area contributed by atoms with Crippen molar-refractivity contribution in [3.8, 4) is 11.5 Å². The Kier molecular flexibility index (Phi) is 10.8. The van der Waals surface area contributed by atoms with Crippen LogP contribution in [0.1, 0.15) is 36.1 Å². The number of methoxy groups -OCH3 is 1. The molecule has 0 aliphatic carbocycles. The Balaban J connectivity index is 1.53. The van der Waals surface area contributed by atoms with Gasteiger partial charge in [-0.15, -0.1) is 0 Å². The number of fused-ring (bicyclic) bond motifs is 1. The summed E-state index contributed by atoms with van der Waals surface area (Å²) >= 11 is -1.53. The lowest BCUT2D eigenvalue weighted by atomic mass is 10.1. The molecule has 0 radical (unpaired) electrons. The quantitative estimate of drug-likeness (QED) is 0.0740. The number of hydrogen-bond acceptors (Lipinski definition) is 12. The van der Waals surface area contributed by atoms with Gasteiger partial charge >= 0.3 is 17.1 Å². The first-order valence-electron chi connectivity index (χ1n) is 11.5. The average Bonchev–Trinajstić information content (AvgIpc) is 3.34. The first-order chi connectivity index (χ1) is 18.3. The van der Waals surface area contributed by atoms with Crippen molar-refractivity contribution in [3.63, 3.8) is 0 Å². The van der Waals surface area contributed by atoms with E-state index in [1.54, 1.807) is 45.4 Å². The number of carbonyl (C=O) groups excluding carboxylic acids is 2. The third-order valence-corrected chi connectivity index (χ3v) is 6.37. The van der Waals surface area contributed by atoms with Gasteiger partial charge in [0.2, 0.25) is 0 Å². The number of carbonyl (C=O) groups is 2. The minimum absolute atomic E-state index is 0.0604. The smallest absolute Gasteiger partial charge is 0.322 e. The van der Waals surface area contributed by atoms with Gasteiger partial charge in [-0.3, -0.25) is 19.6 Å². The summed E-state index contributed by atoms with van der Waals surface area (Å²) in [5.41, 5.74) is 3.06. The Morgan fingerprint density at radius 2 is 1.97 bits per heavy atom. The summed E-state index contributed by atoms with van der Waals surface area (Å²) < 4.78 is 28.8. The minimum Gasteiger partial charge on any atom is -0.609 e.